The highest BCUT2D eigenvalue weighted by molar-refractivity contribution is 5.75. The van der Waals surface area contributed by atoms with Crippen LogP contribution in [0.5, 0.6) is 5.75 Å². The topological polar surface area (TPSA) is 59.4 Å². The third kappa shape index (κ3) is 4.20. The number of hydrogen-bond donors (Lipinski definition) is 1. The van der Waals surface area contributed by atoms with Crippen LogP contribution in [0, 0.1) is 6.92 Å². The van der Waals surface area contributed by atoms with Crippen molar-refractivity contribution in [3.63, 3.8) is 0 Å². The molecular weight excluding hydrogens is 316 g/mol. The van der Waals surface area contributed by atoms with Crippen LogP contribution in [0.1, 0.15) is 35.9 Å². The minimum absolute atomic E-state index is 0.0547. The van der Waals surface area contributed by atoms with Gasteiger partial charge in [-0.25, -0.2) is 0 Å². The van der Waals surface area contributed by atoms with Crippen LogP contribution < -0.4 is 10.1 Å². The van der Waals surface area contributed by atoms with Crippen LogP contribution >= 0.6 is 0 Å². The Morgan fingerprint density at radius 3 is 2.92 bits per heavy atom. The molecule has 2 heterocycles. The first-order valence-corrected chi connectivity index (χ1v) is 8.77. The summed E-state index contributed by atoms with van der Waals surface area (Å²) in [4.78, 5) is 13.8. The molecule has 134 valence electrons. The van der Waals surface area contributed by atoms with Crippen molar-refractivity contribution in [3.8, 4) is 5.75 Å². The van der Waals surface area contributed by atoms with E-state index in [2.05, 4.69) is 51.2 Å². The van der Waals surface area contributed by atoms with Gasteiger partial charge in [-0.3, -0.25) is 14.4 Å². The molecule has 0 atom stereocenters. The lowest BCUT2D eigenvalue weighted by Crippen LogP contribution is -2.33. The molecule has 1 N–H and O–H groups in total. The van der Waals surface area contributed by atoms with Crippen molar-refractivity contribution in [2.45, 2.75) is 46.4 Å². The van der Waals surface area contributed by atoms with Crippen molar-refractivity contribution < 1.29 is 9.53 Å². The fourth-order valence-corrected chi connectivity index (χ4v) is 3.14. The van der Waals surface area contributed by atoms with Crippen molar-refractivity contribution in [2.24, 2.45) is 0 Å². The number of amides is 1. The van der Waals surface area contributed by atoms with Crippen molar-refractivity contribution in [1.29, 1.82) is 0 Å². The van der Waals surface area contributed by atoms with Gasteiger partial charge in [0.25, 0.3) is 0 Å². The number of benzene rings is 1. The SMILES string of the molecule is CCC(=O)NCc1cc2n(n1)CCN(Cc1ccc(C)cc1OC)C2. The van der Waals surface area contributed by atoms with Crippen molar-refractivity contribution in [3.05, 3.63) is 46.8 Å². The molecule has 1 amide bonds. The van der Waals surface area contributed by atoms with Crippen molar-refractivity contribution in [2.75, 3.05) is 13.7 Å². The number of ether oxygens (including phenoxy) is 1. The first-order valence-electron chi connectivity index (χ1n) is 8.77. The molecule has 3 rings (SSSR count). The molecule has 0 saturated heterocycles. The van der Waals surface area contributed by atoms with E-state index in [1.165, 1.54) is 16.8 Å². The Kier molecular flexibility index (Phi) is 5.38. The molecule has 1 aliphatic heterocycles. The molecule has 1 aromatic heterocycles. The van der Waals surface area contributed by atoms with Crippen molar-refractivity contribution >= 4 is 5.91 Å². The maximum atomic E-state index is 11.4. The highest BCUT2D eigenvalue weighted by atomic mass is 16.5. The van der Waals surface area contributed by atoms with Gasteiger partial charge >= 0.3 is 0 Å². The number of carbonyl (C=O) groups is 1. The van der Waals surface area contributed by atoms with Crippen LogP contribution in [0.3, 0.4) is 0 Å². The summed E-state index contributed by atoms with van der Waals surface area (Å²) < 4.78 is 7.57. The zero-order valence-electron chi connectivity index (χ0n) is 15.2. The normalized spacial score (nSPS) is 14.2. The molecule has 25 heavy (non-hydrogen) atoms. The number of aromatic nitrogens is 2. The monoisotopic (exact) mass is 342 g/mol. The van der Waals surface area contributed by atoms with Crippen LogP contribution in [-0.4, -0.2) is 34.2 Å². The average Bonchev–Trinajstić information content (AvgIpc) is 3.03. The molecule has 2 aromatic rings. The zero-order chi connectivity index (χ0) is 17.8. The van der Waals surface area contributed by atoms with Crippen molar-refractivity contribution in [1.82, 2.24) is 20.0 Å². The number of aryl methyl sites for hydroxylation is 1. The van der Waals surface area contributed by atoms with E-state index in [9.17, 15) is 4.79 Å². The van der Waals surface area contributed by atoms with Crippen LogP contribution in [0.25, 0.3) is 0 Å². The number of nitrogens with zero attached hydrogens (tertiary/aromatic N) is 3. The molecule has 0 aliphatic carbocycles. The Morgan fingerprint density at radius 1 is 1.32 bits per heavy atom. The third-order valence-electron chi connectivity index (χ3n) is 4.55. The molecule has 1 aliphatic rings. The summed E-state index contributed by atoms with van der Waals surface area (Å²) in [6.07, 6.45) is 0.500. The molecule has 1 aromatic carbocycles. The van der Waals surface area contributed by atoms with Gasteiger partial charge in [0, 0.05) is 31.6 Å². The molecule has 0 radical (unpaired) electrons. The number of carbonyl (C=O) groups excluding carboxylic acids is 1. The summed E-state index contributed by atoms with van der Waals surface area (Å²) in [5.74, 6) is 1.00. The maximum absolute atomic E-state index is 11.4. The van der Waals surface area contributed by atoms with Crippen LogP contribution in [0.15, 0.2) is 24.3 Å². The molecule has 0 saturated carbocycles. The van der Waals surface area contributed by atoms with Gasteiger partial charge in [-0.05, 0) is 24.6 Å². The molecule has 6 nitrogen and oxygen atoms in total. The zero-order valence-corrected chi connectivity index (χ0v) is 15.2. The van der Waals surface area contributed by atoms with Crippen LogP contribution in [0.4, 0.5) is 0 Å². The molecular formula is C19H26N4O2. The average molecular weight is 342 g/mol. The second-order valence-electron chi connectivity index (χ2n) is 6.51. The lowest BCUT2D eigenvalue weighted by Gasteiger charge is -2.28. The minimum Gasteiger partial charge on any atom is -0.496 e. The van der Waals surface area contributed by atoms with Gasteiger partial charge in [-0.2, -0.15) is 5.10 Å². The standard InChI is InChI=1S/C19H26N4O2/c1-4-19(24)20-11-16-10-17-13-22(7-8-23(17)21-16)12-15-6-5-14(2)9-18(15)25-3/h5-6,9-10H,4,7-8,11-13H2,1-3H3,(H,20,24). The Bertz CT molecular complexity index is 754. The van der Waals surface area contributed by atoms with Gasteiger partial charge < -0.3 is 10.1 Å². The Morgan fingerprint density at radius 2 is 2.16 bits per heavy atom. The Balaban J connectivity index is 1.65. The lowest BCUT2D eigenvalue weighted by atomic mass is 10.1. The van der Waals surface area contributed by atoms with Gasteiger partial charge in [0.2, 0.25) is 5.91 Å². The van der Waals surface area contributed by atoms with Gasteiger partial charge in [-0.15, -0.1) is 0 Å². The Hall–Kier alpha value is -2.34. The highest BCUT2D eigenvalue weighted by Crippen LogP contribution is 2.23. The summed E-state index contributed by atoms with van der Waals surface area (Å²) in [6.45, 7) is 7.95. The molecule has 0 spiro atoms. The van der Waals surface area contributed by atoms with E-state index >= 15 is 0 Å². The number of nitrogens with one attached hydrogen (secondary N) is 1. The predicted molar refractivity (Wildman–Crippen MR) is 96.2 cm³/mol. The second-order valence-corrected chi connectivity index (χ2v) is 6.51. The highest BCUT2D eigenvalue weighted by Gasteiger charge is 2.19. The molecule has 0 unspecified atom stereocenters. The van der Waals surface area contributed by atoms with Gasteiger partial charge in [-0.1, -0.05) is 19.1 Å². The van der Waals surface area contributed by atoms with E-state index < -0.39 is 0 Å². The van der Waals surface area contributed by atoms with E-state index in [1.54, 1.807) is 7.11 Å². The Labute approximate surface area is 148 Å². The minimum atomic E-state index is 0.0547. The van der Waals surface area contributed by atoms with E-state index in [4.69, 9.17) is 4.74 Å². The lowest BCUT2D eigenvalue weighted by molar-refractivity contribution is -0.120. The van der Waals surface area contributed by atoms with Gasteiger partial charge in [0.05, 0.1) is 31.6 Å². The maximum Gasteiger partial charge on any atom is 0.220 e. The summed E-state index contributed by atoms with van der Waals surface area (Å²) in [7, 11) is 1.72. The van der Waals surface area contributed by atoms with Crippen LogP contribution in [0.2, 0.25) is 0 Å². The van der Waals surface area contributed by atoms with Gasteiger partial charge in [0.15, 0.2) is 0 Å². The van der Waals surface area contributed by atoms with E-state index in [-0.39, 0.29) is 5.91 Å². The molecule has 0 bridgehead atoms. The number of methoxy groups -OCH3 is 1. The first kappa shape index (κ1) is 17.5. The largest absolute Gasteiger partial charge is 0.496 e. The molecule has 0 fully saturated rings. The van der Waals surface area contributed by atoms with Gasteiger partial charge in [0.1, 0.15) is 5.75 Å². The smallest absolute Gasteiger partial charge is 0.220 e. The quantitative estimate of drug-likeness (QED) is 0.875. The first-order chi connectivity index (χ1) is 12.1. The fourth-order valence-electron chi connectivity index (χ4n) is 3.14. The summed E-state index contributed by atoms with van der Waals surface area (Å²) >= 11 is 0. The second kappa shape index (κ2) is 7.70. The van der Waals surface area contributed by atoms with E-state index in [0.29, 0.717) is 13.0 Å². The number of rotatable bonds is 6. The summed E-state index contributed by atoms with van der Waals surface area (Å²) in [6, 6.07) is 8.44. The fraction of sp³-hybridized carbons (Fsp3) is 0.474. The van der Waals surface area contributed by atoms with E-state index in [1.807, 2.05) is 6.92 Å². The van der Waals surface area contributed by atoms with E-state index in [0.717, 1.165) is 37.6 Å². The third-order valence-corrected chi connectivity index (χ3v) is 4.55. The molecule has 6 heteroatoms. The van der Waals surface area contributed by atoms with Crippen LogP contribution in [-0.2, 0) is 31.0 Å². The summed E-state index contributed by atoms with van der Waals surface area (Å²) in [5.41, 5.74) is 4.53. The number of hydrogen-bond acceptors (Lipinski definition) is 4. The summed E-state index contributed by atoms with van der Waals surface area (Å²) in [5, 5.41) is 7.48. The predicted octanol–water partition coefficient (Wildman–Crippen LogP) is 2.24. The number of fused-ring (bicyclic) bond motifs is 1.